The van der Waals surface area contributed by atoms with Crippen molar-refractivity contribution in [3.8, 4) is 6.07 Å². The zero-order chi connectivity index (χ0) is 13.7. The van der Waals surface area contributed by atoms with Gasteiger partial charge in [0, 0.05) is 25.2 Å². The van der Waals surface area contributed by atoms with Crippen molar-refractivity contribution in [2.24, 2.45) is 13.0 Å². The van der Waals surface area contributed by atoms with E-state index < -0.39 is 0 Å². The summed E-state index contributed by atoms with van der Waals surface area (Å²) in [5.41, 5.74) is -0.281. The van der Waals surface area contributed by atoms with Crippen molar-refractivity contribution in [2.75, 3.05) is 12.3 Å². The van der Waals surface area contributed by atoms with Gasteiger partial charge in [0.15, 0.2) is 5.16 Å². The minimum Gasteiger partial charge on any atom is -0.329 e. The predicted octanol–water partition coefficient (Wildman–Crippen LogP) is 2.57. The number of hydrogen-bond acceptors (Lipinski definition) is 4. The number of aromatic nitrogens is 2. The highest BCUT2D eigenvalue weighted by Gasteiger charge is 2.42. The van der Waals surface area contributed by atoms with Crippen LogP contribution in [0.5, 0.6) is 0 Å². The van der Waals surface area contributed by atoms with E-state index in [1.165, 1.54) is 6.42 Å². The van der Waals surface area contributed by atoms with Crippen LogP contribution in [-0.4, -0.2) is 27.4 Å². The van der Waals surface area contributed by atoms with Crippen molar-refractivity contribution in [1.29, 1.82) is 5.26 Å². The summed E-state index contributed by atoms with van der Waals surface area (Å²) in [4.78, 5) is 4.32. The maximum Gasteiger partial charge on any atom is 0.167 e. The monoisotopic (exact) mass is 278 g/mol. The van der Waals surface area contributed by atoms with Gasteiger partial charge in [-0.3, -0.25) is 5.32 Å². The Bertz CT molecular complexity index is 451. The molecule has 1 aliphatic carbocycles. The summed E-state index contributed by atoms with van der Waals surface area (Å²) in [5, 5.41) is 14.0. The highest BCUT2D eigenvalue weighted by molar-refractivity contribution is 7.99. The van der Waals surface area contributed by atoms with E-state index in [9.17, 15) is 5.26 Å². The van der Waals surface area contributed by atoms with Gasteiger partial charge in [-0.25, -0.2) is 4.98 Å². The summed E-state index contributed by atoms with van der Waals surface area (Å²) in [6.45, 7) is 2.95. The van der Waals surface area contributed by atoms with E-state index in [1.807, 2.05) is 24.0 Å². The molecule has 19 heavy (non-hydrogen) atoms. The van der Waals surface area contributed by atoms with Crippen molar-refractivity contribution in [3.63, 3.8) is 0 Å². The van der Waals surface area contributed by atoms with Crippen LogP contribution in [0, 0.1) is 17.2 Å². The van der Waals surface area contributed by atoms with Gasteiger partial charge in [0.25, 0.3) is 0 Å². The topological polar surface area (TPSA) is 53.6 Å². The number of nitrogens with zero attached hydrogens (tertiary/aromatic N) is 3. The number of nitrogens with one attached hydrogen (secondary N) is 1. The number of rotatable bonds is 6. The second-order valence-electron chi connectivity index (χ2n) is 5.16. The molecule has 104 valence electrons. The molecule has 1 aliphatic rings. The quantitative estimate of drug-likeness (QED) is 0.813. The van der Waals surface area contributed by atoms with Gasteiger partial charge >= 0.3 is 0 Å². The molecule has 0 radical (unpaired) electrons. The van der Waals surface area contributed by atoms with Crippen LogP contribution in [0.2, 0.25) is 0 Å². The van der Waals surface area contributed by atoms with Gasteiger partial charge in [-0.1, -0.05) is 25.1 Å². The molecule has 1 fully saturated rings. The molecule has 2 unspecified atom stereocenters. The van der Waals surface area contributed by atoms with Crippen LogP contribution < -0.4 is 5.32 Å². The first kappa shape index (κ1) is 14.4. The Balaban J connectivity index is 1.88. The Morgan fingerprint density at radius 3 is 3.16 bits per heavy atom. The summed E-state index contributed by atoms with van der Waals surface area (Å²) >= 11 is 1.78. The molecule has 0 aromatic carbocycles. The first-order valence-corrected chi connectivity index (χ1v) is 7.97. The second-order valence-corrected chi connectivity index (χ2v) is 6.22. The third-order valence-corrected chi connectivity index (χ3v) is 5.08. The van der Waals surface area contributed by atoms with Gasteiger partial charge in [0.2, 0.25) is 0 Å². The molecule has 2 atom stereocenters. The lowest BCUT2D eigenvalue weighted by Gasteiger charge is -2.29. The average Bonchev–Trinajstić information content (AvgIpc) is 2.99. The Kier molecular flexibility index (Phi) is 4.89. The van der Waals surface area contributed by atoms with Crippen LogP contribution in [0.4, 0.5) is 0 Å². The van der Waals surface area contributed by atoms with Crippen molar-refractivity contribution in [3.05, 3.63) is 12.4 Å². The minimum absolute atomic E-state index is 0.281. The Labute approximate surface area is 119 Å². The lowest BCUT2D eigenvalue weighted by atomic mass is 9.86. The minimum atomic E-state index is -0.281. The summed E-state index contributed by atoms with van der Waals surface area (Å²) in [7, 11) is 2.02. The van der Waals surface area contributed by atoms with Gasteiger partial charge in [-0.15, -0.1) is 0 Å². The molecule has 1 saturated carbocycles. The third-order valence-electron chi connectivity index (χ3n) is 3.99. The average molecular weight is 278 g/mol. The molecule has 4 nitrogen and oxygen atoms in total. The van der Waals surface area contributed by atoms with Crippen molar-refractivity contribution < 1.29 is 0 Å². The van der Waals surface area contributed by atoms with Crippen molar-refractivity contribution >= 4 is 11.8 Å². The smallest absolute Gasteiger partial charge is 0.167 e. The highest BCUT2D eigenvalue weighted by atomic mass is 32.2. The maximum atomic E-state index is 9.51. The van der Waals surface area contributed by atoms with Crippen LogP contribution in [0.1, 0.15) is 32.6 Å². The first-order valence-electron chi connectivity index (χ1n) is 6.98. The van der Waals surface area contributed by atoms with Crippen LogP contribution in [0.3, 0.4) is 0 Å². The number of hydrogen-bond donors (Lipinski definition) is 1. The van der Waals surface area contributed by atoms with E-state index in [0.29, 0.717) is 5.92 Å². The normalized spacial score (nSPS) is 26.5. The van der Waals surface area contributed by atoms with Crippen LogP contribution in [-0.2, 0) is 7.05 Å². The maximum absolute atomic E-state index is 9.51. The zero-order valence-corrected chi connectivity index (χ0v) is 12.5. The Hall–Kier alpha value is -0.990. The zero-order valence-electron chi connectivity index (χ0n) is 11.7. The third kappa shape index (κ3) is 3.13. The Morgan fingerprint density at radius 2 is 2.53 bits per heavy atom. The van der Waals surface area contributed by atoms with Crippen molar-refractivity contribution in [2.45, 2.75) is 43.3 Å². The van der Waals surface area contributed by atoms with Crippen LogP contribution >= 0.6 is 11.8 Å². The standard InChI is InChI=1S/C14H22N4S/c1-3-17-14(11-15)7-4-5-12(14)6-10-19-13-16-8-9-18(13)2/h8-9,12,17H,3-7,10H2,1-2H3. The van der Waals surface area contributed by atoms with E-state index >= 15 is 0 Å². The molecule has 0 amide bonds. The highest BCUT2D eigenvalue weighted by Crippen LogP contribution is 2.38. The van der Waals surface area contributed by atoms with Gasteiger partial charge in [0.05, 0.1) is 6.07 Å². The number of thioether (sulfide) groups is 1. The number of imidazole rings is 1. The van der Waals surface area contributed by atoms with E-state index in [-0.39, 0.29) is 5.54 Å². The fourth-order valence-corrected chi connectivity index (χ4v) is 3.97. The number of nitriles is 1. The van der Waals surface area contributed by atoms with E-state index in [0.717, 1.165) is 36.7 Å². The molecule has 1 aromatic rings. The molecule has 1 aromatic heterocycles. The summed E-state index contributed by atoms with van der Waals surface area (Å²) in [5.74, 6) is 1.51. The van der Waals surface area contributed by atoms with Crippen molar-refractivity contribution in [1.82, 2.24) is 14.9 Å². The fraction of sp³-hybridized carbons (Fsp3) is 0.714. The molecule has 0 bridgehead atoms. The fourth-order valence-electron chi connectivity index (χ4n) is 2.99. The van der Waals surface area contributed by atoms with Crippen LogP contribution in [0.15, 0.2) is 17.6 Å². The van der Waals surface area contributed by atoms with E-state index in [1.54, 1.807) is 11.8 Å². The molecule has 5 heteroatoms. The van der Waals surface area contributed by atoms with Gasteiger partial charge in [-0.2, -0.15) is 5.26 Å². The molecule has 0 saturated heterocycles. The molecule has 1 N–H and O–H groups in total. The molecule has 1 heterocycles. The summed E-state index contributed by atoms with van der Waals surface area (Å²) < 4.78 is 2.04. The van der Waals surface area contributed by atoms with E-state index in [4.69, 9.17) is 0 Å². The molecule has 2 rings (SSSR count). The largest absolute Gasteiger partial charge is 0.329 e. The molecular weight excluding hydrogens is 256 g/mol. The van der Waals surface area contributed by atoms with Crippen LogP contribution in [0.25, 0.3) is 0 Å². The lowest BCUT2D eigenvalue weighted by Crippen LogP contribution is -2.47. The first-order chi connectivity index (χ1) is 9.22. The summed E-state index contributed by atoms with van der Waals surface area (Å²) in [6.07, 6.45) is 8.21. The lowest BCUT2D eigenvalue weighted by molar-refractivity contribution is 0.317. The van der Waals surface area contributed by atoms with Gasteiger partial charge in [0.1, 0.15) is 5.54 Å². The molecular formula is C14H22N4S. The SMILES string of the molecule is CCNC1(C#N)CCCC1CCSc1nccn1C. The predicted molar refractivity (Wildman–Crippen MR) is 77.9 cm³/mol. The van der Waals surface area contributed by atoms with Gasteiger partial charge in [-0.05, 0) is 31.7 Å². The van der Waals surface area contributed by atoms with E-state index in [2.05, 4.69) is 23.3 Å². The summed E-state index contributed by atoms with van der Waals surface area (Å²) in [6, 6.07) is 2.54. The number of aryl methyl sites for hydroxylation is 1. The van der Waals surface area contributed by atoms with Gasteiger partial charge < -0.3 is 4.57 Å². The Morgan fingerprint density at radius 1 is 1.68 bits per heavy atom. The molecule has 0 aliphatic heterocycles. The molecule has 0 spiro atoms. The second kappa shape index (κ2) is 6.44.